The van der Waals surface area contributed by atoms with Gasteiger partial charge < -0.3 is 0 Å². The average molecular weight is 263 g/mol. The first-order valence-corrected chi connectivity index (χ1v) is 4.98. The summed E-state index contributed by atoms with van der Waals surface area (Å²) in [6.45, 7) is 0. The van der Waals surface area contributed by atoms with E-state index in [1.165, 1.54) is 18.2 Å². The van der Waals surface area contributed by atoms with E-state index in [4.69, 9.17) is 11.6 Å². The lowest BCUT2D eigenvalue weighted by Gasteiger charge is -2.06. The summed E-state index contributed by atoms with van der Waals surface area (Å²) >= 11 is 5.52. The number of fused-ring (bicyclic) bond motifs is 1. The van der Waals surface area contributed by atoms with Crippen molar-refractivity contribution in [3.05, 3.63) is 39.4 Å². The second-order valence-electron chi connectivity index (χ2n) is 3.50. The molecule has 1 aromatic heterocycles. The number of hydrogen-bond donors (Lipinski definition) is 1. The van der Waals surface area contributed by atoms with Gasteiger partial charge in [0.15, 0.2) is 0 Å². The summed E-state index contributed by atoms with van der Waals surface area (Å²) in [5.74, 6) is 0. The van der Waals surface area contributed by atoms with Gasteiger partial charge >= 0.3 is 6.18 Å². The van der Waals surface area contributed by atoms with Crippen LogP contribution in [-0.2, 0) is 6.42 Å². The molecule has 0 atom stereocenters. The monoisotopic (exact) mass is 262 g/mol. The molecule has 0 aliphatic carbocycles. The maximum Gasteiger partial charge on any atom is 0.393 e. The van der Waals surface area contributed by atoms with Crippen molar-refractivity contribution in [2.75, 3.05) is 0 Å². The Hall–Kier alpha value is -1.56. The van der Waals surface area contributed by atoms with Gasteiger partial charge in [-0.2, -0.15) is 13.2 Å². The lowest BCUT2D eigenvalue weighted by Crippen LogP contribution is -2.13. The summed E-state index contributed by atoms with van der Waals surface area (Å²) in [5, 5.41) is 0.00206. The Morgan fingerprint density at radius 1 is 1.35 bits per heavy atom. The van der Waals surface area contributed by atoms with Crippen molar-refractivity contribution in [3.63, 3.8) is 0 Å². The highest BCUT2D eigenvalue weighted by Gasteiger charge is 2.27. The number of halogens is 4. The zero-order chi connectivity index (χ0) is 12.6. The molecule has 1 heterocycles. The van der Waals surface area contributed by atoms with Gasteiger partial charge in [-0.15, -0.1) is 0 Å². The van der Waals surface area contributed by atoms with E-state index in [0.29, 0.717) is 0 Å². The van der Waals surface area contributed by atoms with E-state index in [1.54, 1.807) is 0 Å². The van der Waals surface area contributed by atoms with Gasteiger partial charge in [0.1, 0.15) is 0 Å². The lowest BCUT2D eigenvalue weighted by atomic mass is 10.1. The van der Waals surface area contributed by atoms with E-state index in [9.17, 15) is 18.0 Å². The summed E-state index contributed by atoms with van der Waals surface area (Å²) in [5.41, 5.74) is -0.270. The molecule has 0 saturated carbocycles. The maximum atomic E-state index is 12.2. The standard InChI is InChI=1S/C10H6ClF3N2O/c11-9-15-7-2-1-5(4-10(12,13)14)3-6(7)8(17)16-9/h1-3H,4H2,(H,15,16,17). The molecule has 0 amide bonds. The molecule has 0 spiro atoms. The second-order valence-corrected chi connectivity index (χ2v) is 3.86. The zero-order valence-corrected chi connectivity index (χ0v) is 9.06. The molecule has 7 heteroatoms. The van der Waals surface area contributed by atoms with Gasteiger partial charge in [0.2, 0.25) is 5.28 Å². The third-order valence-corrected chi connectivity index (χ3v) is 2.32. The van der Waals surface area contributed by atoms with Crippen LogP contribution in [0.3, 0.4) is 0 Å². The van der Waals surface area contributed by atoms with Crippen molar-refractivity contribution in [2.45, 2.75) is 12.6 Å². The first kappa shape index (κ1) is 11.9. The molecular formula is C10H6ClF3N2O. The number of nitrogens with one attached hydrogen (secondary N) is 1. The molecule has 1 aromatic carbocycles. The molecule has 0 saturated heterocycles. The van der Waals surface area contributed by atoms with Crippen molar-refractivity contribution in [2.24, 2.45) is 0 Å². The second kappa shape index (κ2) is 4.03. The Labute approximate surface area is 98.2 Å². The first-order chi connectivity index (χ1) is 7.85. The molecule has 0 aliphatic heterocycles. The van der Waals surface area contributed by atoms with Crippen LogP contribution < -0.4 is 5.56 Å². The van der Waals surface area contributed by atoms with Crippen molar-refractivity contribution in [1.29, 1.82) is 0 Å². The summed E-state index contributed by atoms with van der Waals surface area (Å²) in [6, 6.07) is 3.79. The van der Waals surface area contributed by atoms with E-state index < -0.39 is 18.2 Å². The number of aromatic amines is 1. The summed E-state index contributed by atoms with van der Waals surface area (Å²) < 4.78 is 36.6. The number of nitrogens with zero attached hydrogens (tertiary/aromatic N) is 1. The van der Waals surface area contributed by atoms with Crippen molar-refractivity contribution in [1.82, 2.24) is 9.97 Å². The minimum atomic E-state index is -4.31. The van der Waals surface area contributed by atoms with E-state index >= 15 is 0 Å². The van der Waals surface area contributed by atoms with Crippen molar-refractivity contribution >= 4 is 22.5 Å². The average Bonchev–Trinajstić information content (AvgIpc) is 2.16. The molecule has 0 unspecified atom stereocenters. The Morgan fingerprint density at radius 2 is 2.06 bits per heavy atom. The first-order valence-electron chi connectivity index (χ1n) is 4.60. The highest BCUT2D eigenvalue weighted by Crippen LogP contribution is 2.22. The summed E-state index contributed by atoms with van der Waals surface area (Å²) in [7, 11) is 0. The SMILES string of the molecule is O=c1[nH]c(Cl)nc2ccc(CC(F)(F)F)cc12. The van der Waals surface area contributed by atoms with Gasteiger partial charge in [-0.05, 0) is 29.3 Å². The zero-order valence-electron chi connectivity index (χ0n) is 8.31. The van der Waals surface area contributed by atoms with Gasteiger partial charge in [0.05, 0.1) is 17.3 Å². The van der Waals surface area contributed by atoms with E-state index in [1.807, 2.05) is 0 Å². The van der Waals surface area contributed by atoms with Crippen LogP contribution in [0.25, 0.3) is 10.9 Å². The molecule has 0 fully saturated rings. The molecule has 90 valence electrons. The van der Waals surface area contributed by atoms with Gasteiger partial charge in [-0.3, -0.25) is 9.78 Å². The smallest absolute Gasteiger partial charge is 0.297 e. The Morgan fingerprint density at radius 3 is 2.71 bits per heavy atom. The summed E-state index contributed by atoms with van der Waals surface area (Å²) in [4.78, 5) is 17.5. The lowest BCUT2D eigenvalue weighted by molar-refractivity contribution is -0.127. The van der Waals surface area contributed by atoms with Crippen LogP contribution in [0.5, 0.6) is 0 Å². The molecule has 2 rings (SSSR count). The van der Waals surface area contributed by atoms with E-state index in [2.05, 4.69) is 9.97 Å². The van der Waals surface area contributed by atoms with Gasteiger partial charge in [0, 0.05) is 0 Å². The minimum absolute atomic E-state index is 0.0135. The van der Waals surface area contributed by atoms with Crippen LogP contribution in [0.1, 0.15) is 5.56 Å². The molecule has 1 N–H and O–H groups in total. The third-order valence-electron chi connectivity index (χ3n) is 2.15. The fraction of sp³-hybridized carbons (Fsp3) is 0.200. The highest BCUT2D eigenvalue weighted by molar-refractivity contribution is 6.28. The van der Waals surface area contributed by atoms with Crippen LogP contribution in [0.15, 0.2) is 23.0 Å². The predicted molar refractivity (Wildman–Crippen MR) is 57.1 cm³/mol. The number of aromatic nitrogens is 2. The molecule has 3 nitrogen and oxygen atoms in total. The third kappa shape index (κ3) is 2.76. The molecule has 0 bridgehead atoms. The number of benzene rings is 1. The van der Waals surface area contributed by atoms with Crippen LogP contribution in [-0.4, -0.2) is 16.1 Å². The van der Waals surface area contributed by atoms with Gasteiger partial charge in [-0.25, -0.2) is 4.98 Å². The largest absolute Gasteiger partial charge is 0.393 e. The fourth-order valence-corrected chi connectivity index (χ4v) is 1.68. The number of rotatable bonds is 1. The van der Waals surface area contributed by atoms with Crippen molar-refractivity contribution in [3.8, 4) is 0 Å². The molecule has 17 heavy (non-hydrogen) atoms. The van der Waals surface area contributed by atoms with Crippen molar-refractivity contribution < 1.29 is 13.2 Å². The topological polar surface area (TPSA) is 45.8 Å². The van der Waals surface area contributed by atoms with Crippen LogP contribution in [0.2, 0.25) is 5.28 Å². The Kier molecular flexibility index (Phi) is 2.82. The molecule has 0 aliphatic rings. The quantitative estimate of drug-likeness (QED) is 0.803. The Balaban J connectivity index is 2.55. The van der Waals surface area contributed by atoms with E-state index in [0.717, 1.165) is 0 Å². The van der Waals surface area contributed by atoms with Crippen LogP contribution >= 0.6 is 11.6 Å². The molecule has 0 radical (unpaired) electrons. The molecular weight excluding hydrogens is 257 g/mol. The number of alkyl halides is 3. The normalized spacial score (nSPS) is 12.0. The number of hydrogen-bond acceptors (Lipinski definition) is 2. The van der Waals surface area contributed by atoms with Gasteiger partial charge in [0.25, 0.3) is 5.56 Å². The molecule has 2 aromatic rings. The van der Waals surface area contributed by atoms with Crippen LogP contribution in [0.4, 0.5) is 13.2 Å². The minimum Gasteiger partial charge on any atom is -0.297 e. The summed E-state index contributed by atoms with van der Waals surface area (Å²) in [6.07, 6.45) is -5.38. The van der Waals surface area contributed by atoms with E-state index in [-0.39, 0.29) is 21.7 Å². The maximum absolute atomic E-state index is 12.2. The predicted octanol–water partition coefficient (Wildman–Crippen LogP) is 2.68. The van der Waals surface area contributed by atoms with Crippen LogP contribution in [0, 0.1) is 0 Å². The fourth-order valence-electron chi connectivity index (χ4n) is 1.50. The number of H-pyrrole nitrogens is 1. The highest BCUT2D eigenvalue weighted by atomic mass is 35.5. The Bertz CT molecular complexity index is 621. The van der Waals surface area contributed by atoms with Gasteiger partial charge in [-0.1, -0.05) is 6.07 Å².